The number of nitrogens with one attached hydrogen (secondary N) is 1. The quantitative estimate of drug-likeness (QED) is 0.586. The van der Waals surface area contributed by atoms with Crippen molar-refractivity contribution in [2.45, 2.75) is 25.1 Å². The number of halogens is 6. The molecule has 1 heterocycles. The van der Waals surface area contributed by atoms with Crippen molar-refractivity contribution < 1.29 is 26.7 Å². The van der Waals surface area contributed by atoms with Crippen molar-refractivity contribution in [3.63, 3.8) is 0 Å². The second-order valence-electron chi connectivity index (χ2n) is 6.75. The summed E-state index contributed by atoms with van der Waals surface area (Å²) in [7, 11) is 0. The molecule has 2 aromatic carbocycles. The molecule has 0 saturated heterocycles. The molecule has 0 radical (unpaired) electrons. The highest BCUT2D eigenvalue weighted by Gasteiger charge is 2.38. The van der Waals surface area contributed by atoms with E-state index in [4.69, 9.17) is 17.3 Å². The summed E-state index contributed by atoms with van der Waals surface area (Å²) in [5.74, 6) is -3.28. The molecule has 30 heavy (non-hydrogen) atoms. The van der Waals surface area contributed by atoms with Crippen LogP contribution in [-0.2, 0) is 11.7 Å². The van der Waals surface area contributed by atoms with Crippen LogP contribution in [0, 0.1) is 11.6 Å². The van der Waals surface area contributed by atoms with Gasteiger partial charge in [0, 0.05) is 5.75 Å². The lowest BCUT2D eigenvalue weighted by molar-refractivity contribution is -0.138. The Labute approximate surface area is 177 Å². The first kappa shape index (κ1) is 22.4. The molecule has 1 aliphatic rings. The summed E-state index contributed by atoms with van der Waals surface area (Å²) < 4.78 is 68.3. The van der Waals surface area contributed by atoms with Crippen LogP contribution in [0.15, 0.2) is 35.3 Å². The SMILES string of the molecule is CC1(c2ccc(F)c(NC(=O)c3c(C(F)(F)F)ccc(Cl)c3F)c2)CCSC(N)=N1. The fourth-order valence-electron chi connectivity index (χ4n) is 3.04. The van der Waals surface area contributed by atoms with Gasteiger partial charge in [-0.3, -0.25) is 9.79 Å². The number of amides is 1. The van der Waals surface area contributed by atoms with E-state index in [2.05, 4.69) is 4.99 Å². The topological polar surface area (TPSA) is 67.5 Å². The smallest absolute Gasteiger partial charge is 0.379 e. The number of aliphatic imine (C=N–C) groups is 1. The molecule has 0 aromatic heterocycles. The summed E-state index contributed by atoms with van der Waals surface area (Å²) in [4.78, 5) is 16.9. The number of nitrogens with two attached hydrogens (primary N) is 1. The van der Waals surface area contributed by atoms with Gasteiger partial charge in [-0.1, -0.05) is 29.4 Å². The Morgan fingerprint density at radius 2 is 1.97 bits per heavy atom. The zero-order valence-electron chi connectivity index (χ0n) is 15.4. The third-order valence-electron chi connectivity index (χ3n) is 4.66. The van der Waals surface area contributed by atoms with Crippen LogP contribution in [0.1, 0.15) is 34.8 Å². The van der Waals surface area contributed by atoms with E-state index in [1.165, 1.54) is 23.9 Å². The highest BCUT2D eigenvalue weighted by Crippen LogP contribution is 2.38. The Kier molecular flexibility index (Phi) is 6.01. The highest BCUT2D eigenvalue weighted by atomic mass is 35.5. The number of thioether (sulfide) groups is 1. The van der Waals surface area contributed by atoms with Gasteiger partial charge in [-0.25, -0.2) is 8.78 Å². The molecule has 1 atom stereocenters. The Morgan fingerprint density at radius 1 is 1.27 bits per heavy atom. The average Bonchev–Trinajstić information content (AvgIpc) is 2.64. The summed E-state index contributed by atoms with van der Waals surface area (Å²) in [5, 5.41) is 1.69. The van der Waals surface area contributed by atoms with Crippen LogP contribution in [0.4, 0.5) is 27.6 Å². The first-order valence-electron chi connectivity index (χ1n) is 8.57. The number of alkyl halides is 3. The molecule has 4 nitrogen and oxygen atoms in total. The fraction of sp³-hybridized carbons (Fsp3) is 0.263. The second kappa shape index (κ2) is 8.07. The minimum atomic E-state index is -5.02. The van der Waals surface area contributed by atoms with Crippen LogP contribution in [0.25, 0.3) is 0 Å². The summed E-state index contributed by atoms with van der Waals surface area (Å²) in [6, 6.07) is 4.92. The molecule has 0 aliphatic carbocycles. The maximum absolute atomic E-state index is 14.3. The predicted octanol–water partition coefficient (Wildman–Crippen LogP) is 5.56. The van der Waals surface area contributed by atoms with Gasteiger partial charge in [-0.2, -0.15) is 13.2 Å². The van der Waals surface area contributed by atoms with Gasteiger partial charge < -0.3 is 11.1 Å². The highest BCUT2D eigenvalue weighted by molar-refractivity contribution is 8.13. The lowest BCUT2D eigenvalue weighted by Gasteiger charge is -2.30. The minimum absolute atomic E-state index is 0.342. The van der Waals surface area contributed by atoms with Crippen molar-refractivity contribution in [3.8, 4) is 0 Å². The summed E-state index contributed by atoms with van der Waals surface area (Å²) >= 11 is 6.91. The number of carbonyl (C=O) groups excluding carboxylic acids is 1. The van der Waals surface area contributed by atoms with Crippen LogP contribution in [0.2, 0.25) is 5.02 Å². The number of hydrogen-bond donors (Lipinski definition) is 2. The van der Waals surface area contributed by atoms with E-state index in [0.29, 0.717) is 35.0 Å². The van der Waals surface area contributed by atoms with E-state index in [1.54, 1.807) is 6.92 Å². The van der Waals surface area contributed by atoms with Crippen LogP contribution < -0.4 is 11.1 Å². The van der Waals surface area contributed by atoms with Gasteiger partial charge >= 0.3 is 6.18 Å². The monoisotopic (exact) mass is 463 g/mol. The molecular weight excluding hydrogens is 449 g/mol. The standard InChI is InChI=1S/C19H15ClF5N3OS/c1-18(6-7-30-17(26)28-18)9-2-5-12(21)13(8-9)27-16(29)14-10(19(23,24)25)3-4-11(20)15(14)22/h2-5,8H,6-7H2,1H3,(H2,26,28)(H,27,29). The number of hydrogen-bond acceptors (Lipinski definition) is 4. The van der Waals surface area contributed by atoms with E-state index in [-0.39, 0.29) is 0 Å². The van der Waals surface area contributed by atoms with Gasteiger partial charge in [0.15, 0.2) is 11.0 Å². The summed E-state index contributed by atoms with van der Waals surface area (Å²) in [5.41, 5.74) is 2.20. The molecule has 3 rings (SSSR count). The number of carbonyl (C=O) groups is 1. The van der Waals surface area contributed by atoms with Crippen molar-refractivity contribution in [1.29, 1.82) is 0 Å². The van der Waals surface area contributed by atoms with Crippen molar-refractivity contribution in [2.24, 2.45) is 10.7 Å². The molecular formula is C19H15ClF5N3OS. The fourth-order valence-corrected chi connectivity index (χ4v) is 4.18. The minimum Gasteiger partial charge on any atom is -0.379 e. The second-order valence-corrected chi connectivity index (χ2v) is 8.28. The third kappa shape index (κ3) is 4.39. The lowest BCUT2D eigenvalue weighted by Crippen LogP contribution is -2.29. The molecule has 3 N–H and O–H groups in total. The molecule has 0 saturated carbocycles. The molecule has 0 spiro atoms. The van der Waals surface area contributed by atoms with E-state index in [1.807, 2.05) is 5.32 Å². The first-order chi connectivity index (χ1) is 13.9. The van der Waals surface area contributed by atoms with E-state index in [0.717, 1.165) is 6.07 Å². The van der Waals surface area contributed by atoms with Crippen LogP contribution in [0.3, 0.4) is 0 Å². The Hall–Kier alpha value is -2.33. The lowest BCUT2D eigenvalue weighted by atomic mass is 9.89. The van der Waals surface area contributed by atoms with Crippen LogP contribution in [0.5, 0.6) is 0 Å². The average molecular weight is 464 g/mol. The number of benzene rings is 2. The van der Waals surface area contributed by atoms with Crippen molar-refractivity contribution >= 4 is 40.1 Å². The van der Waals surface area contributed by atoms with Gasteiger partial charge in [0.25, 0.3) is 5.91 Å². The van der Waals surface area contributed by atoms with Crippen molar-refractivity contribution in [1.82, 2.24) is 0 Å². The largest absolute Gasteiger partial charge is 0.417 e. The number of amidine groups is 1. The maximum Gasteiger partial charge on any atom is 0.417 e. The zero-order valence-corrected chi connectivity index (χ0v) is 17.0. The number of nitrogens with zero attached hydrogens (tertiary/aromatic N) is 1. The van der Waals surface area contributed by atoms with Gasteiger partial charge in [0.1, 0.15) is 5.82 Å². The molecule has 1 amide bonds. The van der Waals surface area contributed by atoms with Gasteiger partial charge in [-0.05, 0) is 43.2 Å². The predicted molar refractivity (Wildman–Crippen MR) is 107 cm³/mol. The first-order valence-corrected chi connectivity index (χ1v) is 9.93. The Bertz CT molecular complexity index is 1040. The Morgan fingerprint density at radius 3 is 2.60 bits per heavy atom. The van der Waals surface area contributed by atoms with Gasteiger partial charge in [-0.15, -0.1) is 0 Å². The molecule has 1 aliphatic heterocycles. The normalized spacial score (nSPS) is 19.4. The van der Waals surface area contributed by atoms with Gasteiger partial charge in [0.2, 0.25) is 0 Å². The zero-order chi connectivity index (χ0) is 22.3. The molecule has 2 aromatic rings. The third-order valence-corrected chi connectivity index (χ3v) is 5.75. The number of rotatable bonds is 3. The molecule has 1 unspecified atom stereocenters. The van der Waals surface area contributed by atoms with Gasteiger partial charge in [0.05, 0.1) is 27.4 Å². The summed E-state index contributed by atoms with van der Waals surface area (Å²) in [6.45, 7) is 1.76. The molecule has 0 bridgehead atoms. The summed E-state index contributed by atoms with van der Waals surface area (Å²) in [6.07, 6.45) is -4.45. The molecule has 160 valence electrons. The number of anilines is 1. The van der Waals surface area contributed by atoms with Crippen molar-refractivity contribution in [3.05, 3.63) is 63.7 Å². The Balaban J connectivity index is 2.01. The van der Waals surface area contributed by atoms with E-state index in [9.17, 15) is 26.7 Å². The van der Waals surface area contributed by atoms with Crippen LogP contribution >= 0.6 is 23.4 Å². The van der Waals surface area contributed by atoms with E-state index < -0.39 is 51.1 Å². The van der Waals surface area contributed by atoms with Crippen LogP contribution in [-0.4, -0.2) is 16.8 Å². The van der Waals surface area contributed by atoms with E-state index >= 15 is 0 Å². The molecule has 11 heteroatoms. The molecule has 0 fully saturated rings. The van der Waals surface area contributed by atoms with Crippen molar-refractivity contribution in [2.75, 3.05) is 11.1 Å². The maximum atomic E-state index is 14.3.